The van der Waals surface area contributed by atoms with Gasteiger partial charge in [-0.2, -0.15) is 0 Å². The van der Waals surface area contributed by atoms with Crippen LogP contribution < -0.4 is 5.32 Å². The van der Waals surface area contributed by atoms with E-state index in [1.165, 1.54) is 7.11 Å². The molecule has 0 heterocycles. The molecule has 0 bridgehead atoms. The summed E-state index contributed by atoms with van der Waals surface area (Å²) in [5.41, 5.74) is 0.650. The van der Waals surface area contributed by atoms with Crippen molar-refractivity contribution in [1.82, 2.24) is 5.32 Å². The van der Waals surface area contributed by atoms with Crippen LogP contribution in [0.3, 0.4) is 0 Å². The van der Waals surface area contributed by atoms with Crippen LogP contribution in [0.5, 0.6) is 0 Å². The second kappa shape index (κ2) is 9.25. The molecule has 1 atom stereocenters. The lowest BCUT2D eigenvalue weighted by Crippen LogP contribution is -2.42. The van der Waals surface area contributed by atoms with E-state index in [1.807, 2.05) is 44.2 Å². The summed E-state index contributed by atoms with van der Waals surface area (Å²) in [4.78, 5) is 24.5. The fraction of sp³-hybridized carbons (Fsp3) is 0.500. The Bertz CT molecular complexity index is 600. The normalized spacial score (nSPS) is 13.3. The Balaban J connectivity index is 3.14. The van der Waals surface area contributed by atoms with Gasteiger partial charge in [0, 0.05) is 0 Å². The number of esters is 1. The first-order valence-electron chi connectivity index (χ1n) is 8.47. The average molecular weight is 347 g/mol. The van der Waals surface area contributed by atoms with Crippen LogP contribution in [0.25, 0.3) is 6.08 Å². The van der Waals surface area contributed by atoms with Crippen molar-refractivity contribution in [2.75, 3.05) is 7.11 Å². The number of carbonyl (C=O) groups is 2. The summed E-state index contributed by atoms with van der Waals surface area (Å²) in [5, 5.41) is 2.81. The minimum absolute atomic E-state index is 0.267. The van der Waals surface area contributed by atoms with Crippen LogP contribution in [0.15, 0.2) is 35.9 Å². The summed E-state index contributed by atoms with van der Waals surface area (Å²) in [6.07, 6.45) is 1.78. The molecule has 0 aliphatic carbocycles. The van der Waals surface area contributed by atoms with Crippen LogP contribution in [0, 0.1) is 5.92 Å². The first-order chi connectivity index (χ1) is 11.6. The fourth-order valence-electron chi connectivity index (χ4n) is 2.33. The third-order valence-corrected chi connectivity index (χ3v) is 3.32. The highest BCUT2D eigenvalue weighted by Gasteiger charge is 2.27. The molecule has 1 N–H and O–H groups in total. The van der Waals surface area contributed by atoms with Gasteiger partial charge in [0.1, 0.15) is 5.60 Å². The van der Waals surface area contributed by atoms with Crippen LogP contribution in [0.4, 0.5) is 4.79 Å². The standard InChI is InChI=1S/C20H29NO4/c1-14(2)12-17(21-19(23)25-20(3,4)5)16(18(22)24-6)13-15-10-8-7-9-11-15/h7-11,13-14,17H,12H2,1-6H3,(H,21,23)/b16-13-/t17-/m0/s1. The van der Waals surface area contributed by atoms with E-state index in [9.17, 15) is 9.59 Å². The summed E-state index contributed by atoms with van der Waals surface area (Å²) < 4.78 is 10.3. The lowest BCUT2D eigenvalue weighted by molar-refractivity contribution is -0.136. The summed E-state index contributed by atoms with van der Waals surface area (Å²) in [6.45, 7) is 9.45. The largest absolute Gasteiger partial charge is 0.466 e. The molecule has 1 rings (SSSR count). The third-order valence-electron chi connectivity index (χ3n) is 3.32. The highest BCUT2D eigenvalue weighted by molar-refractivity contribution is 5.95. The van der Waals surface area contributed by atoms with Crippen molar-refractivity contribution in [3.63, 3.8) is 0 Å². The van der Waals surface area contributed by atoms with E-state index in [1.54, 1.807) is 26.8 Å². The van der Waals surface area contributed by atoms with Crippen molar-refractivity contribution in [2.24, 2.45) is 5.92 Å². The molecule has 5 nitrogen and oxygen atoms in total. The zero-order valence-corrected chi connectivity index (χ0v) is 16.0. The Morgan fingerprint density at radius 2 is 1.76 bits per heavy atom. The van der Waals surface area contributed by atoms with Gasteiger partial charge >= 0.3 is 12.1 Å². The van der Waals surface area contributed by atoms with E-state index < -0.39 is 23.7 Å². The predicted octanol–water partition coefficient (Wildman–Crippen LogP) is 4.18. The lowest BCUT2D eigenvalue weighted by Gasteiger charge is -2.25. The van der Waals surface area contributed by atoms with E-state index in [2.05, 4.69) is 5.32 Å². The van der Waals surface area contributed by atoms with Gasteiger partial charge in [0.05, 0.1) is 18.7 Å². The van der Waals surface area contributed by atoms with Crippen molar-refractivity contribution >= 4 is 18.1 Å². The number of alkyl carbamates (subject to hydrolysis) is 1. The average Bonchev–Trinajstić information content (AvgIpc) is 2.50. The van der Waals surface area contributed by atoms with E-state index in [-0.39, 0.29) is 5.92 Å². The third kappa shape index (κ3) is 7.88. The van der Waals surface area contributed by atoms with Crippen LogP contribution >= 0.6 is 0 Å². The SMILES string of the molecule is COC(=O)/C(=C\c1ccccc1)[C@H](CC(C)C)NC(=O)OC(C)(C)C. The zero-order chi connectivity index (χ0) is 19.0. The number of nitrogens with one attached hydrogen (secondary N) is 1. The minimum atomic E-state index is -0.610. The quantitative estimate of drug-likeness (QED) is 0.619. The fourth-order valence-corrected chi connectivity index (χ4v) is 2.33. The summed E-state index contributed by atoms with van der Waals surface area (Å²) in [5.74, 6) is -0.200. The second-order valence-electron chi connectivity index (χ2n) is 7.33. The maximum absolute atomic E-state index is 12.3. The number of benzene rings is 1. The summed E-state index contributed by atoms with van der Waals surface area (Å²) in [7, 11) is 1.33. The molecule has 0 aliphatic heterocycles. The Labute approximate surface area is 150 Å². The molecule has 0 saturated heterocycles. The van der Waals surface area contributed by atoms with E-state index >= 15 is 0 Å². The van der Waals surface area contributed by atoms with Crippen molar-refractivity contribution in [3.8, 4) is 0 Å². The number of ether oxygens (including phenoxy) is 2. The molecule has 1 aromatic carbocycles. The number of rotatable bonds is 6. The summed E-state index contributed by atoms with van der Waals surface area (Å²) in [6, 6.07) is 8.96. The molecule has 0 aromatic heterocycles. The number of carbonyl (C=O) groups excluding carboxylic acids is 2. The first kappa shape index (κ1) is 20.7. The molecule has 0 aliphatic rings. The maximum atomic E-state index is 12.3. The van der Waals surface area contributed by atoms with Crippen molar-refractivity contribution < 1.29 is 19.1 Å². The van der Waals surface area contributed by atoms with Gasteiger partial charge in [-0.05, 0) is 44.7 Å². The van der Waals surface area contributed by atoms with Crippen LogP contribution in [-0.4, -0.2) is 30.8 Å². The lowest BCUT2D eigenvalue weighted by atomic mass is 9.95. The maximum Gasteiger partial charge on any atom is 0.408 e. The molecule has 1 amide bonds. The molecule has 138 valence electrons. The van der Waals surface area contributed by atoms with Gasteiger partial charge in [0.15, 0.2) is 0 Å². The summed E-state index contributed by atoms with van der Waals surface area (Å²) >= 11 is 0. The monoisotopic (exact) mass is 347 g/mol. The highest BCUT2D eigenvalue weighted by Crippen LogP contribution is 2.19. The molecule has 0 unspecified atom stereocenters. The topological polar surface area (TPSA) is 64.6 Å². The van der Waals surface area contributed by atoms with Crippen molar-refractivity contribution in [3.05, 3.63) is 41.5 Å². The number of amides is 1. The second-order valence-corrected chi connectivity index (χ2v) is 7.33. The van der Waals surface area contributed by atoms with Gasteiger partial charge in [-0.3, -0.25) is 0 Å². The Kier molecular flexibility index (Phi) is 7.68. The van der Waals surface area contributed by atoms with Gasteiger partial charge in [-0.25, -0.2) is 9.59 Å². The first-order valence-corrected chi connectivity index (χ1v) is 8.47. The van der Waals surface area contributed by atoms with Crippen LogP contribution in [-0.2, 0) is 14.3 Å². The zero-order valence-electron chi connectivity index (χ0n) is 16.0. The number of hydrogen-bond donors (Lipinski definition) is 1. The van der Waals surface area contributed by atoms with Crippen molar-refractivity contribution in [2.45, 2.75) is 52.7 Å². The Morgan fingerprint density at radius 1 is 1.16 bits per heavy atom. The molecular weight excluding hydrogens is 318 g/mol. The van der Waals surface area contributed by atoms with E-state index in [0.717, 1.165) is 5.56 Å². The molecule has 0 fully saturated rings. The van der Waals surface area contributed by atoms with Crippen LogP contribution in [0.2, 0.25) is 0 Å². The van der Waals surface area contributed by atoms with Gasteiger partial charge < -0.3 is 14.8 Å². The number of methoxy groups -OCH3 is 1. The van der Waals surface area contributed by atoms with Gasteiger partial charge in [0.25, 0.3) is 0 Å². The molecule has 5 heteroatoms. The molecule has 0 radical (unpaired) electrons. The van der Waals surface area contributed by atoms with Gasteiger partial charge in [0.2, 0.25) is 0 Å². The van der Waals surface area contributed by atoms with E-state index in [4.69, 9.17) is 9.47 Å². The molecule has 25 heavy (non-hydrogen) atoms. The minimum Gasteiger partial charge on any atom is -0.466 e. The number of hydrogen-bond acceptors (Lipinski definition) is 4. The predicted molar refractivity (Wildman–Crippen MR) is 99.0 cm³/mol. The van der Waals surface area contributed by atoms with Crippen molar-refractivity contribution in [1.29, 1.82) is 0 Å². The molecule has 1 aromatic rings. The Morgan fingerprint density at radius 3 is 2.24 bits per heavy atom. The highest BCUT2D eigenvalue weighted by atomic mass is 16.6. The van der Waals surface area contributed by atoms with Gasteiger partial charge in [-0.1, -0.05) is 44.2 Å². The molecular formula is C20H29NO4. The Hall–Kier alpha value is -2.30. The van der Waals surface area contributed by atoms with Gasteiger partial charge in [-0.15, -0.1) is 0 Å². The van der Waals surface area contributed by atoms with E-state index in [0.29, 0.717) is 12.0 Å². The molecule has 0 saturated carbocycles. The smallest absolute Gasteiger partial charge is 0.408 e. The molecule has 0 spiro atoms. The van der Waals surface area contributed by atoms with Crippen LogP contribution in [0.1, 0.15) is 46.6 Å².